The highest BCUT2D eigenvalue weighted by molar-refractivity contribution is 5.68. The lowest BCUT2D eigenvalue weighted by Gasteiger charge is -2.35. The maximum absolute atomic E-state index is 12.5. The van der Waals surface area contributed by atoms with E-state index >= 15 is 0 Å². The van der Waals surface area contributed by atoms with E-state index in [-0.39, 0.29) is 12.1 Å². The molecule has 0 radical (unpaired) electrons. The molecule has 23 heavy (non-hydrogen) atoms. The first-order chi connectivity index (χ1) is 11.3. The zero-order valence-corrected chi connectivity index (χ0v) is 13.7. The summed E-state index contributed by atoms with van der Waals surface area (Å²) in [5, 5.41) is 6.74. The van der Waals surface area contributed by atoms with Gasteiger partial charge >= 0.3 is 6.09 Å². The van der Waals surface area contributed by atoms with Crippen molar-refractivity contribution in [1.29, 1.82) is 0 Å². The molecular weight excluding hydrogens is 290 g/mol. The van der Waals surface area contributed by atoms with Crippen LogP contribution in [0.2, 0.25) is 0 Å². The number of piperazine rings is 1. The molecule has 126 valence electrons. The van der Waals surface area contributed by atoms with Crippen molar-refractivity contribution < 1.29 is 9.53 Å². The Morgan fingerprint density at radius 1 is 1.13 bits per heavy atom. The molecule has 2 fully saturated rings. The van der Waals surface area contributed by atoms with Crippen molar-refractivity contribution in [1.82, 2.24) is 15.5 Å². The molecule has 2 aliphatic rings. The van der Waals surface area contributed by atoms with Crippen molar-refractivity contribution in [3.63, 3.8) is 0 Å². The van der Waals surface area contributed by atoms with Crippen LogP contribution in [0.4, 0.5) is 4.79 Å². The van der Waals surface area contributed by atoms with Gasteiger partial charge in [-0.05, 0) is 43.8 Å². The Morgan fingerprint density at radius 2 is 1.91 bits per heavy atom. The monoisotopic (exact) mass is 317 g/mol. The van der Waals surface area contributed by atoms with E-state index in [0.717, 1.165) is 38.2 Å². The van der Waals surface area contributed by atoms with E-state index < -0.39 is 0 Å². The summed E-state index contributed by atoms with van der Waals surface area (Å²) in [7, 11) is 0. The van der Waals surface area contributed by atoms with Crippen LogP contribution in [0, 0.1) is 5.92 Å². The largest absolute Gasteiger partial charge is 0.449 e. The third-order valence-electron chi connectivity index (χ3n) is 4.87. The summed E-state index contributed by atoms with van der Waals surface area (Å²) in [5.74, 6) is 0.692. The van der Waals surface area contributed by atoms with Gasteiger partial charge in [0.15, 0.2) is 0 Å². The molecule has 3 rings (SSSR count). The Labute approximate surface area is 138 Å². The van der Waals surface area contributed by atoms with Crippen LogP contribution < -0.4 is 10.6 Å². The van der Waals surface area contributed by atoms with Crippen molar-refractivity contribution in [2.75, 3.05) is 39.3 Å². The van der Waals surface area contributed by atoms with Crippen LogP contribution in [0.5, 0.6) is 0 Å². The molecule has 0 aromatic heterocycles. The molecule has 2 N–H and O–H groups in total. The zero-order valence-electron chi connectivity index (χ0n) is 13.7. The number of rotatable bonds is 4. The van der Waals surface area contributed by atoms with Crippen molar-refractivity contribution in [3.05, 3.63) is 35.9 Å². The molecular formula is C18H27N3O2. The molecule has 2 heterocycles. The second-order valence-electron chi connectivity index (χ2n) is 6.42. The molecule has 2 saturated heterocycles. The van der Waals surface area contributed by atoms with Gasteiger partial charge in [0.05, 0.1) is 12.6 Å². The Hall–Kier alpha value is -1.59. The summed E-state index contributed by atoms with van der Waals surface area (Å²) < 4.78 is 5.57. The highest BCUT2D eigenvalue weighted by atomic mass is 16.6. The number of ether oxygens (including phenoxy) is 1. The highest BCUT2D eigenvalue weighted by Gasteiger charge is 2.29. The Kier molecular flexibility index (Phi) is 5.88. The van der Waals surface area contributed by atoms with Gasteiger partial charge in [0.1, 0.15) is 0 Å². The summed E-state index contributed by atoms with van der Waals surface area (Å²) in [5.41, 5.74) is 1.16. The molecule has 0 aliphatic carbocycles. The van der Waals surface area contributed by atoms with E-state index in [4.69, 9.17) is 4.74 Å². The second-order valence-corrected chi connectivity index (χ2v) is 6.42. The van der Waals surface area contributed by atoms with Crippen molar-refractivity contribution in [3.8, 4) is 0 Å². The third-order valence-corrected chi connectivity index (χ3v) is 4.87. The molecule has 0 bridgehead atoms. The number of hydrogen-bond donors (Lipinski definition) is 2. The summed E-state index contributed by atoms with van der Waals surface area (Å²) in [6, 6.07) is 10.3. The first-order valence-electron chi connectivity index (χ1n) is 8.74. The predicted molar refractivity (Wildman–Crippen MR) is 90.3 cm³/mol. The maximum atomic E-state index is 12.5. The van der Waals surface area contributed by atoms with E-state index in [0.29, 0.717) is 19.1 Å². The molecule has 1 aromatic rings. The number of benzene rings is 1. The number of piperidine rings is 1. The Bertz CT molecular complexity index is 488. The van der Waals surface area contributed by atoms with Crippen molar-refractivity contribution >= 4 is 6.09 Å². The van der Waals surface area contributed by atoms with Crippen LogP contribution in [0.15, 0.2) is 30.3 Å². The number of hydrogen-bond acceptors (Lipinski definition) is 4. The third kappa shape index (κ3) is 4.45. The first-order valence-corrected chi connectivity index (χ1v) is 8.74. The second kappa shape index (κ2) is 8.31. The minimum atomic E-state index is -0.172. The summed E-state index contributed by atoms with van der Waals surface area (Å²) >= 11 is 0. The van der Waals surface area contributed by atoms with Crippen LogP contribution in [0.3, 0.4) is 0 Å². The van der Waals surface area contributed by atoms with Crippen molar-refractivity contribution in [2.45, 2.75) is 25.3 Å². The average molecular weight is 317 g/mol. The molecule has 1 unspecified atom stereocenters. The Balaban J connectivity index is 1.52. The number of nitrogens with one attached hydrogen (secondary N) is 2. The van der Waals surface area contributed by atoms with Crippen LogP contribution in [0.25, 0.3) is 0 Å². The molecule has 5 nitrogen and oxygen atoms in total. The highest BCUT2D eigenvalue weighted by Crippen LogP contribution is 2.23. The topological polar surface area (TPSA) is 53.6 Å². The van der Waals surface area contributed by atoms with Crippen LogP contribution in [0.1, 0.15) is 30.9 Å². The molecule has 1 amide bonds. The predicted octanol–water partition coefficient (Wildman–Crippen LogP) is 2.16. The minimum absolute atomic E-state index is 0.0660. The van der Waals surface area contributed by atoms with Gasteiger partial charge < -0.3 is 15.4 Å². The lowest BCUT2D eigenvalue weighted by atomic mass is 9.95. The molecule has 0 saturated carbocycles. The van der Waals surface area contributed by atoms with E-state index in [1.807, 2.05) is 23.1 Å². The van der Waals surface area contributed by atoms with Gasteiger partial charge in [0.25, 0.3) is 0 Å². The van der Waals surface area contributed by atoms with E-state index in [1.165, 1.54) is 12.8 Å². The van der Waals surface area contributed by atoms with E-state index in [1.54, 1.807) is 0 Å². The van der Waals surface area contributed by atoms with Gasteiger partial charge in [0.2, 0.25) is 0 Å². The van der Waals surface area contributed by atoms with Gasteiger partial charge in [-0.2, -0.15) is 0 Å². The van der Waals surface area contributed by atoms with Crippen LogP contribution in [-0.4, -0.2) is 50.3 Å². The normalized spacial score (nSPS) is 22.8. The summed E-state index contributed by atoms with van der Waals surface area (Å²) in [4.78, 5) is 14.4. The number of carbonyl (C=O) groups is 1. The SMILES string of the molecule is O=C(OCCC1CCNCC1)N1CCNCC1c1ccccc1. The van der Waals surface area contributed by atoms with Gasteiger partial charge in [-0.3, -0.25) is 4.90 Å². The zero-order chi connectivity index (χ0) is 15.9. The number of carbonyl (C=O) groups excluding carboxylic acids is 1. The summed E-state index contributed by atoms with van der Waals surface area (Å²) in [6.07, 6.45) is 3.19. The van der Waals surface area contributed by atoms with E-state index in [2.05, 4.69) is 22.8 Å². The van der Waals surface area contributed by atoms with Gasteiger partial charge in [-0.15, -0.1) is 0 Å². The van der Waals surface area contributed by atoms with Crippen LogP contribution in [-0.2, 0) is 4.74 Å². The lowest BCUT2D eigenvalue weighted by molar-refractivity contribution is 0.0718. The Morgan fingerprint density at radius 3 is 2.70 bits per heavy atom. The maximum Gasteiger partial charge on any atom is 0.410 e. The fourth-order valence-electron chi connectivity index (χ4n) is 3.46. The van der Waals surface area contributed by atoms with E-state index in [9.17, 15) is 4.79 Å². The number of nitrogens with zero attached hydrogens (tertiary/aromatic N) is 1. The summed E-state index contributed by atoms with van der Waals surface area (Å²) in [6.45, 7) is 5.03. The molecule has 0 spiro atoms. The van der Waals surface area contributed by atoms with Gasteiger partial charge in [0, 0.05) is 19.6 Å². The van der Waals surface area contributed by atoms with Crippen molar-refractivity contribution in [2.24, 2.45) is 5.92 Å². The fourth-order valence-corrected chi connectivity index (χ4v) is 3.46. The molecule has 1 aromatic carbocycles. The standard InChI is InChI=1S/C18H27N3O2/c22-18(23-13-8-15-6-9-19-10-7-15)21-12-11-20-14-17(21)16-4-2-1-3-5-16/h1-5,15,17,19-20H,6-14H2. The first kappa shape index (κ1) is 16.3. The lowest BCUT2D eigenvalue weighted by Crippen LogP contribution is -2.49. The molecule has 1 atom stereocenters. The molecule has 2 aliphatic heterocycles. The average Bonchev–Trinajstić information content (AvgIpc) is 2.63. The minimum Gasteiger partial charge on any atom is -0.449 e. The van der Waals surface area contributed by atoms with Gasteiger partial charge in [-0.25, -0.2) is 4.79 Å². The smallest absolute Gasteiger partial charge is 0.410 e. The molecule has 5 heteroatoms. The fraction of sp³-hybridized carbons (Fsp3) is 0.611. The quantitative estimate of drug-likeness (QED) is 0.893. The van der Waals surface area contributed by atoms with Gasteiger partial charge in [-0.1, -0.05) is 30.3 Å². The number of amides is 1. The van der Waals surface area contributed by atoms with Crippen LogP contribution >= 0.6 is 0 Å².